The minimum atomic E-state index is -4.51. The maximum Gasteiger partial charge on any atom is 0.417 e. The lowest BCUT2D eigenvalue weighted by atomic mass is 10.2. The summed E-state index contributed by atoms with van der Waals surface area (Å²) < 4.78 is 41.8. The first-order valence-electron chi connectivity index (χ1n) is 4.02. The highest BCUT2D eigenvalue weighted by Crippen LogP contribution is 2.36. The van der Waals surface area contributed by atoms with Crippen LogP contribution in [0.3, 0.4) is 0 Å². The van der Waals surface area contributed by atoms with Gasteiger partial charge in [0.05, 0.1) is 5.56 Å². The second-order valence-electron chi connectivity index (χ2n) is 2.82. The van der Waals surface area contributed by atoms with E-state index >= 15 is 0 Å². The fourth-order valence-corrected chi connectivity index (χ4v) is 1.43. The molecule has 0 bridgehead atoms. The second-order valence-corrected chi connectivity index (χ2v) is 3.68. The Bertz CT molecular complexity index is 403. The fraction of sp³-hybridized carbons (Fsp3) is 0.222. The van der Waals surface area contributed by atoms with E-state index in [0.717, 1.165) is 12.1 Å². The molecule has 0 atom stereocenters. The summed E-state index contributed by atoms with van der Waals surface area (Å²) in [7, 11) is 0. The van der Waals surface area contributed by atoms with Crippen molar-refractivity contribution >= 4 is 21.9 Å². The molecule has 0 spiro atoms. The van der Waals surface area contributed by atoms with Gasteiger partial charge in [-0.3, -0.25) is 0 Å². The average molecular weight is 299 g/mol. The Labute approximate surface area is 97.0 Å². The van der Waals surface area contributed by atoms with E-state index in [1.807, 2.05) is 0 Å². The Morgan fingerprint density at radius 3 is 2.56 bits per heavy atom. The molecule has 0 heterocycles. The number of carboxylic acids is 1. The number of hydrogen-bond donors (Lipinski definition) is 1. The van der Waals surface area contributed by atoms with Crippen LogP contribution >= 0.6 is 15.9 Å². The van der Waals surface area contributed by atoms with Gasteiger partial charge in [0.15, 0.2) is 6.61 Å². The van der Waals surface area contributed by atoms with Gasteiger partial charge in [0.25, 0.3) is 0 Å². The summed E-state index contributed by atoms with van der Waals surface area (Å²) in [6.45, 7) is -0.682. The van der Waals surface area contributed by atoms with Gasteiger partial charge in [-0.05, 0) is 18.2 Å². The number of halogens is 4. The second kappa shape index (κ2) is 4.73. The number of rotatable bonds is 3. The molecule has 1 N–H and O–H groups in total. The first kappa shape index (κ1) is 12.8. The molecule has 0 aliphatic heterocycles. The van der Waals surface area contributed by atoms with Crippen LogP contribution in [-0.2, 0) is 11.0 Å². The molecule has 3 nitrogen and oxygen atoms in total. The van der Waals surface area contributed by atoms with Crippen LogP contribution in [0.5, 0.6) is 5.75 Å². The van der Waals surface area contributed by atoms with Crippen LogP contribution in [0.4, 0.5) is 13.2 Å². The Morgan fingerprint density at radius 1 is 1.44 bits per heavy atom. The molecule has 0 aromatic heterocycles. The van der Waals surface area contributed by atoms with E-state index in [9.17, 15) is 18.0 Å². The molecule has 1 aromatic carbocycles. The summed E-state index contributed by atoms with van der Waals surface area (Å²) in [4.78, 5) is 10.2. The van der Waals surface area contributed by atoms with E-state index in [1.54, 1.807) is 0 Å². The van der Waals surface area contributed by atoms with E-state index in [0.29, 0.717) is 0 Å². The van der Waals surface area contributed by atoms with Gasteiger partial charge < -0.3 is 9.84 Å². The molecule has 0 aliphatic carbocycles. The van der Waals surface area contributed by atoms with Gasteiger partial charge in [0.1, 0.15) is 5.75 Å². The summed E-state index contributed by atoms with van der Waals surface area (Å²) in [6.07, 6.45) is -4.51. The standard InChI is InChI=1S/C9H6BrF3O3/c10-7-2-1-5(16-4-8(14)15)3-6(7)9(11,12)13/h1-3H,4H2,(H,14,15). The zero-order valence-electron chi connectivity index (χ0n) is 7.71. The minimum absolute atomic E-state index is 0.123. The van der Waals surface area contributed by atoms with Crippen LogP contribution in [0, 0.1) is 0 Å². The lowest BCUT2D eigenvalue weighted by molar-refractivity contribution is -0.139. The number of alkyl halides is 3. The zero-order chi connectivity index (χ0) is 12.3. The van der Waals surface area contributed by atoms with Crippen LogP contribution in [0.2, 0.25) is 0 Å². The van der Waals surface area contributed by atoms with Crippen molar-refractivity contribution in [3.05, 3.63) is 28.2 Å². The largest absolute Gasteiger partial charge is 0.482 e. The first-order chi connectivity index (χ1) is 7.30. The number of ether oxygens (including phenoxy) is 1. The summed E-state index contributed by atoms with van der Waals surface area (Å²) in [5, 5.41) is 8.30. The van der Waals surface area contributed by atoms with Crippen LogP contribution in [0.1, 0.15) is 5.56 Å². The van der Waals surface area contributed by atoms with Gasteiger partial charge >= 0.3 is 12.1 Å². The summed E-state index contributed by atoms with van der Waals surface area (Å²) in [6, 6.07) is 3.15. The molecular weight excluding hydrogens is 293 g/mol. The first-order valence-corrected chi connectivity index (χ1v) is 4.81. The topological polar surface area (TPSA) is 46.5 Å². The maximum atomic E-state index is 12.4. The van der Waals surface area contributed by atoms with E-state index in [4.69, 9.17) is 5.11 Å². The third-order valence-electron chi connectivity index (χ3n) is 1.61. The third kappa shape index (κ3) is 3.41. The molecule has 0 amide bonds. The van der Waals surface area contributed by atoms with Crippen molar-refractivity contribution in [3.63, 3.8) is 0 Å². The summed E-state index contributed by atoms with van der Waals surface area (Å²) >= 11 is 2.75. The Kier molecular flexibility index (Phi) is 3.79. The monoisotopic (exact) mass is 298 g/mol. The van der Waals surface area contributed by atoms with Gasteiger partial charge in [0, 0.05) is 4.47 Å². The Hall–Kier alpha value is -1.24. The normalized spacial score (nSPS) is 11.2. The lowest BCUT2D eigenvalue weighted by Crippen LogP contribution is -2.11. The van der Waals surface area contributed by atoms with Gasteiger partial charge in [-0.2, -0.15) is 13.2 Å². The third-order valence-corrected chi connectivity index (χ3v) is 2.30. The predicted octanol–water partition coefficient (Wildman–Crippen LogP) is 2.93. The highest BCUT2D eigenvalue weighted by molar-refractivity contribution is 9.10. The molecule has 0 fully saturated rings. The maximum absolute atomic E-state index is 12.4. The van der Waals surface area contributed by atoms with Crippen LogP contribution in [-0.4, -0.2) is 17.7 Å². The Balaban J connectivity index is 2.94. The van der Waals surface area contributed by atoms with Crippen molar-refractivity contribution in [2.75, 3.05) is 6.61 Å². The number of carbonyl (C=O) groups is 1. The zero-order valence-corrected chi connectivity index (χ0v) is 9.30. The van der Waals surface area contributed by atoms with Crippen molar-refractivity contribution in [3.8, 4) is 5.75 Å². The van der Waals surface area contributed by atoms with Gasteiger partial charge in [-0.1, -0.05) is 15.9 Å². The molecule has 0 radical (unpaired) electrons. The van der Waals surface area contributed by atoms with Crippen molar-refractivity contribution in [1.82, 2.24) is 0 Å². The molecular formula is C9H6BrF3O3. The molecule has 16 heavy (non-hydrogen) atoms. The average Bonchev–Trinajstić information content (AvgIpc) is 2.14. The fourth-order valence-electron chi connectivity index (χ4n) is 0.956. The van der Waals surface area contributed by atoms with Gasteiger partial charge in [0.2, 0.25) is 0 Å². The molecule has 1 aromatic rings. The van der Waals surface area contributed by atoms with Crippen molar-refractivity contribution < 1.29 is 27.8 Å². The molecule has 0 unspecified atom stereocenters. The molecule has 0 saturated heterocycles. The van der Waals surface area contributed by atoms with Crippen LogP contribution < -0.4 is 4.74 Å². The number of hydrogen-bond acceptors (Lipinski definition) is 2. The number of benzene rings is 1. The van der Waals surface area contributed by atoms with E-state index < -0.39 is 24.3 Å². The van der Waals surface area contributed by atoms with Gasteiger partial charge in [-0.25, -0.2) is 4.79 Å². The Morgan fingerprint density at radius 2 is 2.06 bits per heavy atom. The quantitative estimate of drug-likeness (QED) is 0.933. The van der Waals surface area contributed by atoms with Crippen LogP contribution in [0.15, 0.2) is 22.7 Å². The van der Waals surface area contributed by atoms with E-state index in [2.05, 4.69) is 20.7 Å². The molecule has 1 rings (SSSR count). The van der Waals surface area contributed by atoms with Gasteiger partial charge in [-0.15, -0.1) is 0 Å². The van der Waals surface area contributed by atoms with E-state index in [1.165, 1.54) is 6.07 Å². The van der Waals surface area contributed by atoms with Crippen LogP contribution in [0.25, 0.3) is 0 Å². The lowest BCUT2D eigenvalue weighted by Gasteiger charge is -2.11. The predicted molar refractivity (Wildman–Crippen MR) is 52.3 cm³/mol. The molecule has 88 valence electrons. The molecule has 0 saturated carbocycles. The van der Waals surface area contributed by atoms with Crippen molar-refractivity contribution in [2.24, 2.45) is 0 Å². The highest BCUT2D eigenvalue weighted by atomic mass is 79.9. The minimum Gasteiger partial charge on any atom is -0.482 e. The SMILES string of the molecule is O=C(O)COc1ccc(Br)c(C(F)(F)F)c1. The van der Waals surface area contributed by atoms with E-state index in [-0.39, 0.29) is 10.2 Å². The molecule has 0 aliphatic rings. The summed E-state index contributed by atoms with van der Waals surface area (Å²) in [5.41, 5.74) is -0.907. The smallest absolute Gasteiger partial charge is 0.417 e. The van der Waals surface area contributed by atoms with Crippen molar-refractivity contribution in [1.29, 1.82) is 0 Å². The summed E-state index contributed by atoms with van der Waals surface area (Å²) in [5.74, 6) is -1.39. The van der Waals surface area contributed by atoms with Crippen molar-refractivity contribution in [2.45, 2.75) is 6.18 Å². The number of aliphatic carboxylic acids is 1. The highest BCUT2D eigenvalue weighted by Gasteiger charge is 2.33. The number of carboxylic acid groups (broad SMARTS) is 1. The molecule has 7 heteroatoms.